The van der Waals surface area contributed by atoms with Crippen LogP contribution in [0.1, 0.15) is 0 Å². The molecule has 0 unspecified atom stereocenters. The average molecular weight is 587 g/mol. The molecule has 5 aromatic carbocycles. The molecule has 5 aromatic rings. The summed E-state index contributed by atoms with van der Waals surface area (Å²) < 4.78 is 39.2. The second-order valence-electron chi connectivity index (χ2n) is 8.42. The lowest BCUT2D eigenvalue weighted by Gasteiger charge is -2.14. The number of hydrogen-bond donors (Lipinski definition) is 2. The Hall–Kier alpha value is -4.27. The van der Waals surface area contributed by atoms with Gasteiger partial charge in [-0.3, -0.25) is 0 Å². The first kappa shape index (κ1) is 25.4. The van der Waals surface area contributed by atoms with E-state index in [-0.39, 0.29) is 9.79 Å². The molecule has 0 aliphatic carbocycles. The lowest BCUT2D eigenvalue weighted by atomic mass is 10.0. The Morgan fingerprint density at radius 3 is 1.76 bits per heavy atom. The molecule has 0 saturated carbocycles. The van der Waals surface area contributed by atoms with Gasteiger partial charge in [0.05, 0.1) is 21.2 Å². The lowest BCUT2D eigenvalue weighted by Crippen LogP contribution is -2.02. The van der Waals surface area contributed by atoms with E-state index in [0.717, 1.165) is 15.6 Å². The van der Waals surface area contributed by atoms with Crippen LogP contribution in [0.4, 0.5) is 11.4 Å². The summed E-state index contributed by atoms with van der Waals surface area (Å²) in [5.41, 5.74) is 14.3. The predicted molar refractivity (Wildman–Crippen MR) is 153 cm³/mol. The predicted octanol–water partition coefficient (Wildman–Crippen LogP) is 7.70. The lowest BCUT2D eigenvalue weighted by molar-refractivity contribution is 0.482. The van der Waals surface area contributed by atoms with Crippen LogP contribution in [0.5, 0.6) is 23.0 Å². The van der Waals surface area contributed by atoms with Crippen molar-refractivity contribution in [3.8, 4) is 34.1 Å². The number of nitrogens with two attached hydrogens (primary N) is 2. The molecule has 6 nitrogen and oxygen atoms in total. The normalized spacial score (nSPS) is 11.2. The fraction of sp³-hybridized carbons (Fsp3) is 0. The van der Waals surface area contributed by atoms with Crippen molar-refractivity contribution in [1.29, 1.82) is 0 Å². The summed E-state index contributed by atoms with van der Waals surface area (Å²) in [5, 5.41) is 0. The van der Waals surface area contributed by atoms with Crippen molar-refractivity contribution >= 4 is 37.1 Å². The number of hydrogen-bond acceptors (Lipinski definition) is 6. The number of halogens is 1. The third-order valence-corrected chi connectivity index (χ3v) is 8.27. The van der Waals surface area contributed by atoms with Crippen molar-refractivity contribution in [1.82, 2.24) is 0 Å². The van der Waals surface area contributed by atoms with Gasteiger partial charge in [0.25, 0.3) is 0 Å². The summed E-state index contributed by atoms with van der Waals surface area (Å²) in [6, 6.07) is 33.1. The molecule has 0 aliphatic rings. The first-order chi connectivity index (χ1) is 18.3. The monoisotopic (exact) mass is 586 g/mol. The summed E-state index contributed by atoms with van der Waals surface area (Å²) in [5.74, 6) is 2.15. The highest BCUT2D eigenvalue weighted by atomic mass is 79.9. The molecule has 0 bridgehead atoms. The van der Waals surface area contributed by atoms with Gasteiger partial charge in [-0.1, -0.05) is 52.3 Å². The van der Waals surface area contributed by atoms with Crippen molar-refractivity contribution in [3.63, 3.8) is 0 Å². The number of rotatable bonds is 7. The largest absolute Gasteiger partial charge is 0.457 e. The van der Waals surface area contributed by atoms with E-state index < -0.39 is 9.84 Å². The minimum absolute atomic E-state index is 0.147. The fourth-order valence-corrected chi connectivity index (χ4v) is 5.70. The highest BCUT2D eigenvalue weighted by molar-refractivity contribution is 9.10. The zero-order valence-corrected chi connectivity index (χ0v) is 22.4. The van der Waals surface area contributed by atoms with E-state index in [1.165, 1.54) is 24.3 Å². The van der Waals surface area contributed by atoms with Gasteiger partial charge in [0.15, 0.2) is 0 Å². The first-order valence-electron chi connectivity index (χ1n) is 11.6. The van der Waals surface area contributed by atoms with Crippen molar-refractivity contribution in [2.24, 2.45) is 0 Å². The smallest absolute Gasteiger partial charge is 0.206 e. The molecule has 0 fully saturated rings. The molecule has 190 valence electrons. The Bertz CT molecular complexity index is 1690. The van der Waals surface area contributed by atoms with Crippen LogP contribution < -0.4 is 20.9 Å². The summed E-state index contributed by atoms with van der Waals surface area (Å²) in [4.78, 5) is 0.302. The van der Waals surface area contributed by atoms with Crippen LogP contribution in [0.3, 0.4) is 0 Å². The Labute approximate surface area is 229 Å². The van der Waals surface area contributed by atoms with Gasteiger partial charge in [-0.05, 0) is 78.4 Å². The molecular formula is C30H23BrN2O4S. The van der Waals surface area contributed by atoms with Crippen molar-refractivity contribution in [3.05, 3.63) is 120 Å². The molecule has 8 heteroatoms. The van der Waals surface area contributed by atoms with Crippen molar-refractivity contribution in [2.75, 3.05) is 11.5 Å². The van der Waals surface area contributed by atoms with Gasteiger partial charge in [-0.2, -0.15) is 0 Å². The standard InChI is InChI=1S/C30H23BrN2O4S/c31-26-7-4-8-29(30(26)20-5-2-1-3-6-20)37-22-11-16-25(17-12-22)38(34,35)24-14-9-21(10-15-24)36-23-13-18-27(32)28(33)19-23/h1-19H,32-33H2. The summed E-state index contributed by atoms with van der Waals surface area (Å²) >= 11 is 3.61. The van der Waals surface area contributed by atoms with Gasteiger partial charge in [0.2, 0.25) is 9.84 Å². The second-order valence-corrected chi connectivity index (χ2v) is 11.2. The summed E-state index contributed by atoms with van der Waals surface area (Å²) in [6.45, 7) is 0. The summed E-state index contributed by atoms with van der Waals surface area (Å²) in [6.07, 6.45) is 0. The van der Waals surface area contributed by atoms with E-state index >= 15 is 0 Å². The van der Waals surface area contributed by atoms with Crippen LogP contribution >= 0.6 is 15.9 Å². The molecule has 0 amide bonds. The fourth-order valence-electron chi connectivity index (χ4n) is 3.86. The maximum atomic E-state index is 13.2. The number of nitrogen functional groups attached to an aromatic ring is 2. The topological polar surface area (TPSA) is 105 Å². The van der Waals surface area contributed by atoms with E-state index in [1.54, 1.807) is 42.5 Å². The van der Waals surface area contributed by atoms with Gasteiger partial charge in [0, 0.05) is 16.1 Å². The Kier molecular flexibility index (Phi) is 7.09. The number of sulfone groups is 1. The molecule has 0 heterocycles. The van der Waals surface area contributed by atoms with Gasteiger partial charge in [-0.15, -0.1) is 0 Å². The quantitative estimate of drug-likeness (QED) is 0.189. The van der Waals surface area contributed by atoms with E-state index in [1.807, 2.05) is 48.5 Å². The molecule has 0 atom stereocenters. The second kappa shape index (κ2) is 10.6. The van der Waals surface area contributed by atoms with Gasteiger partial charge in [-0.25, -0.2) is 8.42 Å². The van der Waals surface area contributed by atoms with E-state index in [0.29, 0.717) is 34.4 Å². The average Bonchev–Trinajstić information content (AvgIpc) is 2.92. The Morgan fingerprint density at radius 1 is 0.579 bits per heavy atom. The maximum absolute atomic E-state index is 13.2. The number of benzene rings is 5. The van der Waals surface area contributed by atoms with Crippen LogP contribution in [0.15, 0.2) is 130 Å². The molecule has 4 N–H and O–H groups in total. The summed E-state index contributed by atoms with van der Waals surface area (Å²) in [7, 11) is -3.74. The molecule has 0 aromatic heterocycles. The number of anilines is 2. The molecular weight excluding hydrogens is 564 g/mol. The van der Waals surface area contributed by atoms with Crippen molar-refractivity contribution in [2.45, 2.75) is 9.79 Å². The molecule has 0 aliphatic heterocycles. The van der Waals surface area contributed by atoms with E-state index in [2.05, 4.69) is 15.9 Å². The zero-order chi connectivity index (χ0) is 26.7. The van der Waals surface area contributed by atoms with Crippen LogP contribution in [-0.4, -0.2) is 8.42 Å². The maximum Gasteiger partial charge on any atom is 0.206 e. The van der Waals surface area contributed by atoms with Gasteiger partial charge < -0.3 is 20.9 Å². The van der Waals surface area contributed by atoms with Crippen LogP contribution in [-0.2, 0) is 9.84 Å². The minimum atomic E-state index is -3.74. The minimum Gasteiger partial charge on any atom is -0.457 e. The third kappa shape index (κ3) is 5.37. The zero-order valence-electron chi connectivity index (χ0n) is 20.0. The van der Waals surface area contributed by atoms with Gasteiger partial charge >= 0.3 is 0 Å². The SMILES string of the molecule is Nc1ccc(Oc2ccc(S(=O)(=O)c3ccc(Oc4cccc(Br)c4-c4ccccc4)cc3)cc2)cc1N. The Balaban J connectivity index is 1.34. The molecule has 38 heavy (non-hydrogen) atoms. The van der Waals surface area contributed by atoms with Crippen LogP contribution in [0.2, 0.25) is 0 Å². The van der Waals surface area contributed by atoms with Crippen molar-refractivity contribution < 1.29 is 17.9 Å². The number of ether oxygens (including phenoxy) is 2. The Morgan fingerprint density at radius 2 is 1.16 bits per heavy atom. The third-order valence-electron chi connectivity index (χ3n) is 5.83. The highest BCUT2D eigenvalue weighted by Gasteiger charge is 2.18. The highest BCUT2D eigenvalue weighted by Crippen LogP contribution is 2.39. The molecule has 5 rings (SSSR count). The van der Waals surface area contributed by atoms with Crippen LogP contribution in [0.25, 0.3) is 11.1 Å². The molecule has 0 radical (unpaired) electrons. The van der Waals surface area contributed by atoms with E-state index in [9.17, 15) is 8.42 Å². The molecule has 0 spiro atoms. The van der Waals surface area contributed by atoms with Crippen LogP contribution in [0, 0.1) is 0 Å². The first-order valence-corrected chi connectivity index (χ1v) is 13.9. The van der Waals surface area contributed by atoms with E-state index in [4.69, 9.17) is 20.9 Å². The van der Waals surface area contributed by atoms with Gasteiger partial charge in [0.1, 0.15) is 23.0 Å². The molecule has 0 saturated heterocycles.